The van der Waals surface area contributed by atoms with E-state index < -0.39 is 0 Å². The zero-order chi connectivity index (χ0) is 18.5. The second-order valence-corrected chi connectivity index (χ2v) is 7.03. The van der Waals surface area contributed by atoms with Crippen LogP contribution in [0.15, 0.2) is 83.8 Å². The molecule has 5 heteroatoms. The summed E-state index contributed by atoms with van der Waals surface area (Å²) < 4.78 is 1.91. The van der Waals surface area contributed by atoms with Crippen molar-refractivity contribution in [1.29, 1.82) is 0 Å². The molecule has 0 unspecified atom stereocenters. The number of hydrogen-bond acceptors (Lipinski definition) is 3. The molecule has 2 heterocycles. The molecule has 27 heavy (non-hydrogen) atoms. The van der Waals surface area contributed by atoms with Gasteiger partial charge in [0.2, 0.25) is 0 Å². The van der Waals surface area contributed by atoms with Gasteiger partial charge in [-0.3, -0.25) is 9.48 Å². The average molecular weight is 373 g/mol. The van der Waals surface area contributed by atoms with Crippen LogP contribution in [0.2, 0.25) is 0 Å². The lowest BCUT2D eigenvalue weighted by Crippen LogP contribution is -2.22. The standard InChI is InChI=1S/C22H19N3OS/c26-22(20-10-13-27-16-20)23-14-19-4-1-2-5-21(19)18-8-6-17(7-9-18)15-25-12-3-11-24-25/h1-13,16H,14-15H2,(H,23,26). The maximum Gasteiger partial charge on any atom is 0.252 e. The Morgan fingerprint density at radius 3 is 2.63 bits per heavy atom. The van der Waals surface area contributed by atoms with Crippen LogP contribution in [0.25, 0.3) is 11.1 Å². The van der Waals surface area contributed by atoms with Crippen LogP contribution >= 0.6 is 11.3 Å². The van der Waals surface area contributed by atoms with Gasteiger partial charge in [0.15, 0.2) is 0 Å². The number of rotatable bonds is 6. The second-order valence-electron chi connectivity index (χ2n) is 6.25. The topological polar surface area (TPSA) is 46.9 Å². The van der Waals surface area contributed by atoms with Gasteiger partial charge in [-0.15, -0.1) is 0 Å². The van der Waals surface area contributed by atoms with Crippen molar-refractivity contribution in [1.82, 2.24) is 15.1 Å². The van der Waals surface area contributed by atoms with Crippen LogP contribution < -0.4 is 5.32 Å². The Kier molecular flexibility index (Phi) is 5.12. The Bertz CT molecular complexity index is 1010. The van der Waals surface area contributed by atoms with Gasteiger partial charge in [0.05, 0.1) is 6.54 Å². The highest BCUT2D eigenvalue weighted by Crippen LogP contribution is 2.24. The zero-order valence-corrected chi connectivity index (χ0v) is 15.5. The van der Waals surface area contributed by atoms with Gasteiger partial charge in [-0.25, -0.2) is 0 Å². The van der Waals surface area contributed by atoms with Crippen LogP contribution in [0.4, 0.5) is 0 Å². The monoisotopic (exact) mass is 373 g/mol. The summed E-state index contributed by atoms with van der Waals surface area (Å²) in [6, 6.07) is 20.4. The maximum absolute atomic E-state index is 12.2. The quantitative estimate of drug-likeness (QED) is 0.537. The molecule has 4 rings (SSSR count). The molecule has 0 atom stereocenters. The molecule has 0 radical (unpaired) electrons. The number of nitrogens with one attached hydrogen (secondary N) is 1. The molecule has 0 spiro atoms. The number of carbonyl (C=O) groups excluding carboxylic acids is 1. The fourth-order valence-corrected chi connectivity index (χ4v) is 3.63. The molecule has 4 aromatic rings. The van der Waals surface area contributed by atoms with E-state index in [0.717, 1.165) is 23.2 Å². The highest BCUT2D eigenvalue weighted by molar-refractivity contribution is 7.08. The molecule has 0 aliphatic heterocycles. The van der Waals surface area contributed by atoms with Crippen LogP contribution in [0.5, 0.6) is 0 Å². The predicted molar refractivity (Wildman–Crippen MR) is 109 cm³/mol. The fraction of sp³-hybridized carbons (Fsp3) is 0.0909. The van der Waals surface area contributed by atoms with Crippen molar-refractivity contribution in [2.75, 3.05) is 0 Å². The molecule has 134 valence electrons. The van der Waals surface area contributed by atoms with E-state index in [4.69, 9.17) is 0 Å². The predicted octanol–water partition coefficient (Wildman–Crippen LogP) is 4.59. The minimum Gasteiger partial charge on any atom is -0.348 e. The van der Waals surface area contributed by atoms with Gasteiger partial charge >= 0.3 is 0 Å². The maximum atomic E-state index is 12.2. The molecule has 0 fully saturated rings. The van der Waals surface area contributed by atoms with Gasteiger partial charge < -0.3 is 5.32 Å². The summed E-state index contributed by atoms with van der Waals surface area (Å²) in [7, 11) is 0. The molecular formula is C22H19N3OS. The van der Waals surface area contributed by atoms with E-state index in [0.29, 0.717) is 12.1 Å². The lowest BCUT2D eigenvalue weighted by Gasteiger charge is -2.11. The Morgan fingerprint density at radius 1 is 1.04 bits per heavy atom. The average Bonchev–Trinajstić information content (AvgIpc) is 3.41. The Hall–Kier alpha value is -3.18. The highest BCUT2D eigenvalue weighted by atomic mass is 32.1. The Morgan fingerprint density at radius 2 is 1.89 bits per heavy atom. The second kappa shape index (κ2) is 8.01. The van der Waals surface area contributed by atoms with Crippen LogP contribution in [0.1, 0.15) is 21.5 Å². The van der Waals surface area contributed by atoms with E-state index in [9.17, 15) is 4.79 Å². The van der Waals surface area contributed by atoms with Crippen molar-refractivity contribution >= 4 is 17.2 Å². The molecule has 1 amide bonds. The summed E-state index contributed by atoms with van der Waals surface area (Å²) in [5.41, 5.74) is 5.28. The van der Waals surface area contributed by atoms with Gasteiger partial charge in [0.1, 0.15) is 0 Å². The third-order valence-corrected chi connectivity index (χ3v) is 5.09. The Balaban J connectivity index is 1.49. The normalized spacial score (nSPS) is 10.7. The number of thiophene rings is 1. The lowest BCUT2D eigenvalue weighted by molar-refractivity contribution is 0.0951. The van der Waals surface area contributed by atoms with Gasteiger partial charge in [-0.05, 0) is 39.8 Å². The SMILES string of the molecule is O=C(NCc1ccccc1-c1ccc(Cn2cccn2)cc1)c1ccsc1. The molecule has 4 nitrogen and oxygen atoms in total. The summed E-state index contributed by atoms with van der Waals surface area (Å²) >= 11 is 1.52. The third kappa shape index (κ3) is 4.15. The summed E-state index contributed by atoms with van der Waals surface area (Å²) in [5, 5.41) is 11.0. The first kappa shape index (κ1) is 17.2. The number of nitrogens with zero attached hydrogens (tertiary/aromatic N) is 2. The largest absolute Gasteiger partial charge is 0.348 e. The number of hydrogen-bond donors (Lipinski definition) is 1. The first-order chi connectivity index (χ1) is 13.3. The smallest absolute Gasteiger partial charge is 0.252 e. The van der Waals surface area contributed by atoms with Gasteiger partial charge in [0, 0.05) is 29.9 Å². The minimum atomic E-state index is -0.0411. The molecule has 0 aliphatic carbocycles. The number of aromatic nitrogens is 2. The minimum absolute atomic E-state index is 0.0411. The Labute approximate surface area is 162 Å². The molecule has 0 saturated carbocycles. The van der Waals surface area contributed by atoms with E-state index in [2.05, 4.69) is 46.8 Å². The molecule has 2 aromatic heterocycles. The molecule has 0 bridgehead atoms. The summed E-state index contributed by atoms with van der Waals surface area (Å²) in [5.74, 6) is -0.0411. The zero-order valence-electron chi connectivity index (χ0n) is 14.7. The van der Waals surface area contributed by atoms with Gasteiger partial charge in [-0.2, -0.15) is 16.4 Å². The van der Waals surface area contributed by atoms with Crippen molar-refractivity contribution in [3.8, 4) is 11.1 Å². The summed E-state index contributed by atoms with van der Waals surface area (Å²) in [6.45, 7) is 1.26. The highest BCUT2D eigenvalue weighted by Gasteiger charge is 2.09. The van der Waals surface area contributed by atoms with E-state index in [-0.39, 0.29) is 5.91 Å². The number of benzene rings is 2. The lowest BCUT2D eigenvalue weighted by atomic mass is 9.98. The molecule has 0 aliphatic rings. The first-order valence-corrected chi connectivity index (χ1v) is 9.69. The summed E-state index contributed by atoms with van der Waals surface area (Å²) in [4.78, 5) is 12.2. The van der Waals surface area contributed by atoms with E-state index in [1.165, 1.54) is 16.9 Å². The molecule has 1 N–H and O–H groups in total. The van der Waals surface area contributed by atoms with Crippen LogP contribution in [-0.4, -0.2) is 15.7 Å². The summed E-state index contributed by atoms with van der Waals surface area (Å²) in [6.07, 6.45) is 3.74. The van der Waals surface area contributed by atoms with E-state index in [1.54, 1.807) is 6.20 Å². The van der Waals surface area contributed by atoms with Gasteiger partial charge in [-0.1, -0.05) is 48.5 Å². The van der Waals surface area contributed by atoms with Crippen LogP contribution in [0.3, 0.4) is 0 Å². The first-order valence-electron chi connectivity index (χ1n) is 8.74. The van der Waals surface area contributed by atoms with E-state index in [1.807, 2.05) is 45.9 Å². The van der Waals surface area contributed by atoms with Crippen molar-refractivity contribution in [2.24, 2.45) is 0 Å². The third-order valence-electron chi connectivity index (χ3n) is 4.41. The van der Waals surface area contributed by atoms with Crippen LogP contribution in [-0.2, 0) is 13.1 Å². The number of carbonyl (C=O) groups is 1. The molecular weight excluding hydrogens is 354 g/mol. The van der Waals surface area contributed by atoms with Crippen LogP contribution in [0, 0.1) is 0 Å². The van der Waals surface area contributed by atoms with Crippen molar-refractivity contribution in [3.63, 3.8) is 0 Å². The van der Waals surface area contributed by atoms with Crippen molar-refractivity contribution in [2.45, 2.75) is 13.1 Å². The van der Waals surface area contributed by atoms with Crippen molar-refractivity contribution in [3.05, 3.63) is 101 Å². The van der Waals surface area contributed by atoms with Gasteiger partial charge in [0.25, 0.3) is 5.91 Å². The van der Waals surface area contributed by atoms with E-state index >= 15 is 0 Å². The molecule has 2 aromatic carbocycles. The fourth-order valence-electron chi connectivity index (χ4n) is 3.00. The van der Waals surface area contributed by atoms with Crippen molar-refractivity contribution < 1.29 is 4.79 Å². The number of amides is 1. The molecule has 0 saturated heterocycles.